The molecule has 0 radical (unpaired) electrons. The van der Waals surface area contributed by atoms with Crippen LogP contribution < -0.4 is 10.1 Å². The zero-order valence-corrected chi connectivity index (χ0v) is 16.6. The summed E-state index contributed by atoms with van der Waals surface area (Å²) < 4.78 is 7.85. The Morgan fingerprint density at radius 3 is 2.33 bits per heavy atom. The Kier molecular flexibility index (Phi) is 6.20. The lowest BCUT2D eigenvalue weighted by Gasteiger charge is -2.13. The average Bonchev–Trinajstić information content (AvgIpc) is 3.31. The molecule has 0 saturated carbocycles. The van der Waals surface area contributed by atoms with Crippen LogP contribution in [-0.2, 0) is 19.7 Å². The highest BCUT2D eigenvalue weighted by Gasteiger charge is 2.12. The number of hydrogen-bond acceptors (Lipinski definition) is 3. The predicted molar refractivity (Wildman–Crippen MR) is 116 cm³/mol. The zero-order valence-electron chi connectivity index (χ0n) is 16.6. The Labute approximate surface area is 176 Å². The van der Waals surface area contributed by atoms with Gasteiger partial charge in [-0.2, -0.15) is 0 Å². The third-order valence-electron chi connectivity index (χ3n) is 4.87. The molecule has 0 atom stereocenters. The van der Waals surface area contributed by atoms with Crippen molar-refractivity contribution in [1.29, 1.82) is 0 Å². The van der Waals surface area contributed by atoms with Crippen molar-refractivity contribution in [3.63, 3.8) is 0 Å². The van der Waals surface area contributed by atoms with E-state index in [1.165, 1.54) is 0 Å². The van der Waals surface area contributed by atoms with Crippen molar-refractivity contribution in [2.24, 2.45) is 0 Å². The minimum absolute atomic E-state index is 0.111. The van der Waals surface area contributed by atoms with E-state index in [4.69, 9.17) is 4.74 Å². The number of nitrogens with zero attached hydrogens (tertiary/aromatic N) is 2. The highest BCUT2D eigenvalue weighted by molar-refractivity contribution is 5.95. The van der Waals surface area contributed by atoms with Gasteiger partial charge in [-0.3, -0.25) is 4.79 Å². The number of rotatable bonds is 8. The third kappa shape index (κ3) is 4.94. The van der Waals surface area contributed by atoms with Gasteiger partial charge < -0.3 is 14.6 Å². The van der Waals surface area contributed by atoms with Crippen molar-refractivity contribution in [2.75, 3.05) is 0 Å². The number of imidazole rings is 1. The van der Waals surface area contributed by atoms with Gasteiger partial charge in [0.25, 0.3) is 5.91 Å². The molecule has 1 N–H and O–H groups in total. The van der Waals surface area contributed by atoms with Crippen LogP contribution >= 0.6 is 0 Å². The zero-order chi connectivity index (χ0) is 20.6. The molecule has 0 spiro atoms. The molecule has 0 unspecified atom stereocenters. The maximum absolute atomic E-state index is 12.9. The van der Waals surface area contributed by atoms with Crippen LogP contribution in [0.1, 0.15) is 27.0 Å². The highest BCUT2D eigenvalue weighted by Crippen LogP contribution is 2.16. The molecule has 0 fully saturated rings. The summed E-state index contributed by atoms with van der Waals surface area (Å²) in [5.74, 6) is 0.667. The van der Waals surface area contributed by atoms with Crippen LogP contribution in [0.4, 0.5) is 0 Å². The number of carbonyl (C=O) groups excluding carboxylic acids is 1. The van der Waals surface area contributed by atoms with Crippen molar-refractivity contribution in [2.45, 2.75) is 19.7 Å². The smallest absolute Gasteiger partial charge is 0.251 e. The fourth-order valence-corrected chi connectivity index (χ4v) is 3.28. The number of carbonyl (C=O) groups is 1. The van der Waals surface area contributed by atoms with Gasteiger partial charge in [0.1, 0.15) is 12.4 Å². The summed E-state index contributed by atoms with van der Waals surface area (Å²) in [6, 6.07) is 25.2. The van der Waals surface area contributed by atoms with Crippen LogP contribution in [-0.4, -0.2) is 15.5 Å². The molecule has 0 bridgehead atoms. The van der Waals surface area contributed by atoms with Gasteiger partial charge in [0, 0.05) is 36.6 Å². The van der Waals surface area contributed by atoms with Crippen LogP contribution in [0, 0.1) is 0 Å². The van der Waals surface area contributed by atoms with E-state index in [-0.39, 0.29) is 5.91 Å². The number of aromatic nitrogens is 2. The van der Waals surface area contributed by atoms with Crippen molar-refractivity contribution >= 4 is 5.91 Å². The molecule has 1 aromatic heterocycles. The molecular weight excluding hydrogens is 374 g/mol. The normalized spacial score (nSPS) is 10.5. The Hall–Kier alpha value is -3.86. The quantitative estimate of drug-likeness (QED) is 0.478. The monoisotopic (exact) mass is 397 g/mol. The van der Waals surface area contributed by atoms with E-state index in [1.807, 2.05) is 83.6 Å². The lowest BCUT2D eigenvalue weighted by molar-refractivity contribution is 0.0948. The van der Waals surface area contributed by atoms with Crippen molar-refractivity contribution in [3.8, 4) is 5.75 Å². The van der Waals surface area contributed by atoms with E-state index in [0.29, 0.717) is 25.3 Å². The van der Waals surface area contributed by atoms with Gasteiger partial charge in [0.05, 0.1) is 6.33 Å². The highest BCUT2D eigenvalue weighted by atomic mass is 16.5. The Morgan fingerprint density at radius 2 is 1.57 bits per heavy atom. The molecule has 5 heteroatoms. The number of nitrogens with one attached hydrogen (secondary N) is 1. The van der Waals surface area contributed by atoms with Gasteiger partial charge in [0.15, 0.2) is 0 Å². The first-order chi connectivity index (χ1) is 14.8. The number of amides is 1. The molecule has 0 aliphatic heterocycles. The molecule has 3 aromatic carbocycles. The Bertz CT molecular complexity index is 1090. The second-order valence-electron chi connectivity index (χ2n) is 6.95. The van der Waals surface area contributed by atoms with E-state index >= 15 is 0 Å². The molecule has 30 heavy (non-hydrogen) atoms. The van der Waals surface area contributed by atoms with E-state index in [0.717, 1.165) is 22.4 Å². The molecule has 0 aliphatic rings. The molecule has 5 nitrogen and oxygen atoms in total. The molecule has 0 saturated heterocycles. The molecule has 1 amide bonds. The summed E-state index contributed by atoms with van der Waals surface area (Å²) in [6.07, 6.45) is 5.48. The van der Waals surface area contributed by atoms with Crippen LogP contribution in [0.25, 0.3) is 0 Å². The van der Waals surface area contributed by atoms with Crippen molar-refractivity contribution in [3.05, 3.63) is 120 Å². The van der Waals surface area contributed by atoms with E-state index in [9.17, 15) is 4.79 Å². The largest absolute Gasteiger partial charge is 0.489 e. The molecule has 0 aliphatic carbocycles. The second kappa shape index (κ2) is 9.56. The van der Waals surface area contributed by atoms with E-state index < -0.39 is 0 Å². The summed E-state index contributed by atoms with van der Waals surface area (Å²) in [6.45, 7) is 1.51. The van der Waals surface area contributed by atoms with E-state index in [1.54, 1.807) is 12.5 Å². The first kappa shape index (κ1) is 19.5. The number of ether oxygens (including phenoxy) is 1. The first-order valence-corrected chi connectivity index (χ1v) is 9.86. The molecule has 150 valence electrons. The number of hydrogen-bond donors (Lipinski definition) is 1. The van der Waals surface area contributed by atoms with Crippen molar-refractivity contribution < 1.29 is 9.53 Å². The van der Waals surface area contributed by atoms with Gasteiger partial charge >= 0.3 is 0 Å². The number of para-hydroxylation sites is 1. The number of benzene rings is 3. The van der Waals surface area contributed by atoms with Gasteiger partial charge in [-0.15, -0.1) is 0 Å². The Morgan fingerprint density at radius 1 is 0.867 bits per heavy atom. The first-order valence-electron chi connectivity index (χ1n) is 9.86. The van der Waals surface area contributed by atoms with Gasteiger partial charge in [0.2, 0.25) is 0 Å². The summed E-state index contributed by atoms with van der Waals surface area (Å²) >= 11 is 0. The summed E-state index contributed by atoms with van der Waals surface area (Å²) in [7, 11) is 0. The maximum atomic E-state index is 12.9. The van der Waals surface area contributed by atoms with Crippen LogP contribution in [0.5, 0.6) is 5.75 Å². The fraction of sp³-hybridized carbons (Fsp3) is 0.120. The lowest BCUT2D eigenvalue weighted by Crippen LogP contribution is -2.25. The minimum atomic E-state index is -0.111. The average molecular weight is 397 g/mol. The summed E-state index contributed by atoms with van der Waals surface area (Å²) in [5, 5.41) is 3.05. The molecule has 4 aromatic rings. The second-order valence-corrected chi connectivity index (χ2v) is 6.95. The van der Waals surface area contributed by atoms with E-state index in [2.05, 4.69) is 16.4 Å². The maximum Gasteiger partial charge on any atom is 0.251 e. The van der Waals surface area contributed by atoms with Crippen molar-refractivity contribution in [1.82, 2.24) is 14.9 Å². The van der Waals surface area contributed by atoms with Crippen LogP contribution in [0.15, 0.2) is 97.6 Å². The topological polar surface area (TPSA) is 56.2 Å². The standard InChI is InChI=1S/C25H23N3O2/c29-25(24-13-7-6-10-22(24)18-30-23-11-2-1-3-12-23)27-16-20-8-4-5-9-21(20)17-28-15-14-26-19-28/h1-15,19H,16-18H2,(H,27,29). The molecule has 1 heterocycles. The summed E-state index contributed by atoms with van der Waals surface area (Å²) in [5.41, 5.74) is 3.71. The summed E-state index contributed by atoms with van der Waals surface area (Å²) in [4.78, 5) is 17.0. The van der Waals surface area contributed by atoms with Crippen LogP contribution in [0.2, 0.25) is 0 Å². The minimum Gasteiger partial charge on any atom is -0.489 e. The lowest BCUT2D eigenvalue weighted by atomic mass is 10.1. The third-order valence-corrected chi connectivity index (χ3v) is 4.87. The van der Waals surface area contributed by atoms with Gasteiger partial charge in [-0.05, 0) is 29.3 Å². The predicted octanol–water partition coefficient (Wildman–Crippen LogP) is 4.44. The SMILES string of the molecule is O=C(NCc1ccccc1Cn1ccnc1)c1ccccc1COc1ccccc1. The fourth-order valence-electron chi connectivity index (χ4n) is 3.28. The van der Waals surface area contributed by atoms with Gasteiger partial charge in [-0.1, -0.05) is 60.7 Å². The Balaban J connectivity index is 1.43. The van der Waals surface area contributed by atoms with Gasteiger partial charge in [-0.25, -0.2) is 4.98 Å². The molecule has 4 rings (SSSR count). The van der Waals surface area contributed by atoms with Crippen LogP contribution in [0.3, 0.4) is 0 Å². The molecular formula is C25H23N3O2.